The van der Waals surface area contributed by atoms with E-state index in [-0.39, 0.29) is 24.4 Å². The molecule has 0 aromatic heterocycles. The van der Waals surface area contributed by atoms with Crippen LogP contribution in [0, 0.1) is 0 Å². The second kappa shape index (κ2) is 9.71. The second-order valence-electron chi connectivity index (χ2n) is 11.0. The van der Waals surface area contributed by atoms with Gasteiger partial charge in [0.2, 0.25) is 6.79 Å². The first-order valence-corrected chi connectivity index (χ1v) is 14.2. The average molecular weight is 528 g/mol. The number of hydrogen-bond donors (Lipinski definition) is 2. The maximum Gasteiger partial charge on any atom is 0.324 e. The van der Waals surface area contributed by atoms with Crippen molar-refractivity contribution in [2.45, 2.75) is 74.9 Å². The van der Waals surface area contributed by atoms with E-state index in [4.69, 9.17) is 18.9 Å². The van der Waals surface area contributed by atoms with Gasteiger partial charge in [0.25, 0.3) is 0 Å². The van der Waals surface area contributed by atoms with E-state index in [0.29, 0.717) is 6.61 Å². The van der Waals surface area contributed by atoms with Crippen LogP contribution in [0.15, 0.2) is 36.4 Å². The summed E-state index contributed by atoms with van der Waals surface area (Å²) < 4.78 is 22.7. The third-order valence-electron chi connectivity index (χ3n) is 8.05. The molecule has 3 aliphatic rings. The molecule has 0 radical (unpaired) electrons. The summed E-state index contributed by atoms with van der Waals surface area (Å²) in [5.74, 6) is 1.48. The summed E-state index contributed by atoms with van der Waals surface area (Å²) in [6.45, 7) is 10.3. The Hall–Kier alpha value is -2.42. The Bertz CT molecular complexity index is 1180. The monoisotopic (exact) mass is 527 g/mol. The SMILES string of the molecule is CCC(C)(OCCCNC(C)(C)Cc1ccc2c(c1)OCO2)c1cccc2c1C1C(O2)C1(SC)C(=O)O. The lowest BCUT2D eigenvalue weighted by molar-refractivity contribution is -0.137. The third kappa shape index (κ3) is 4.57. The summed E-state index contributed by atoms with van der Waals surface area (Å²) in [6, 6.07) is 12.1. The van der Waals surface area contributed by atoms with Crippen molar-refractivity contribution in [1.82, 2.24) is 5.32 Å². The van der Waals surface area contributed by atoms with Crippen molar-refractivity contribution in [3.8, 4) is 17.2 Å². The number of rotatable bonds is 12. The largest absolute Gasteiger partial charge is 0.487 e. The molecule has 1 fully saturated rings. The molecule has 5 rings (SSSR count). The number of carboxylic acids is 1. The number of aliphatic carboxylic acids is 1. The molecule has 2 aliphatic heterocycles. The van der Waals surface area contributed by atoms with Gasteiger partial charge in [-0.15, -0.1) is 11.8 Å². The molecule has 0 spiro atoms. The van der Waals surface area contributed by atoms with Crippen LogP contribution in [0.2, 0.25) is 0 Å². The van der Waals surface area contributed by atoms with Gasteiger partial charge in [-0.05, 0) is 82.2 Å². The lowest BCUT2D eigenvalue weighted by Crippen LogP contribution is -2.42. The van der Waals surface area contributed by atoms with Crippen LogP contribution in [-0.4, -0.2) is 53.7 Å². The summed E-state index contributed by atoms with van der Waals surface area (Å²) in [6.07, 6.45) is 4.06. The van der Waals surface area contributed by atoms with Crippen molar-refractivity contribution in [3.63, 3.8) is 0 Å². The van der Waals surface area contributed by atoms with E-state index >= 15 is 0 Å². The van der Waals surface area contributed by atoms with E-state index < -0.39 is 16.3 Å². The van der Waals surface area contributed by atoms with E-state index in [0.717, 1.165) is 54.2 Å². The van der Waals surface area contributed by atoms with Gasteiger partial charge in [0.15, 0.2) is 16.2 Å². The number of thioether (sulfide) groups is 1. The predicted octanol–water partition coefficient (Wildman–Crippen LogP) is 5.10. The Kier molecular flexibility index (Phi) is 6.88. The first-order valence-electron chi connectivity index (χ1n) is 13.0. The molecule has 2 heterocycles. The zero-order chi connectivity index (χ0) is 26.4. The van der Waals surface area contributed by atoms with Crippen molar-refractivity contribution < 1.29 is 28.8 Å². The van der Waals surface area contributed by atoms with Gasteiger partial charge in [-0.3, -0.25) is 4.79 Å². The number of benzene rings is 2. The zero-order valence-corrected chi connectivity index (χ0v) is 23.1. The van der Waals surface area contributed by atoms with Gasteiger partial charge in [0.1, 0.15) is 11.9 Å². The minimum atomic E-state index is -0.898. The summed E-state index contributed by atoms with van der Waals surface area (Å²) in [5.41, 5.74) is 2.66. The number of carbonyl (C=O) groups is 1. The zero-order valence-electron chi connectivity index (χ0n) is 22.3. The molecule has 7 nitrogen and oxygen atoms in total. The fourth-order valence-corrected chi connectivity index (χ4v) is 6.82. The van der Waals surface area contributed by atoms with E-state index in [2.05, 4.69) is 51.2 Å². The van der Waals surface area contributed by atoms with Crippen molar-refractivity contribution in [1.29, 1.82) is 0 Å². The fourth-order valence-electron chi connectivity index (χ4n) is 5.80. The first-order chi connectivity index (χ1) is 17.6. The summed E-state index contributed by atoms with van der Waals surface area (Å²) in [7, 11) is 0. The molecular weight excluding hydrogens is 490 g/mol. The summed E-state index contributed by atoms with van der Waals surface area (Å²) in [5, 5.41) is 13.6. The highest BCUT2D eigenvalue weighted by Gasteiger charge is 2.77. The molecule has 4 unspecified atom stereocenters. The quantitative estimate of drug-likeness (QED) is 0.369. The normalized spacial score (nSPS) is 24.7. The van der Waals surface area contributed by atoms with Gasteiger partial charge < -0.3 is 29.4 Å². The summed E-state index contributed by atoms with van der Waals surface area (Å²) in [4.78, 5) is 12.1. The number of ether oxygens (including phenoxy) is 4. The molecule has 37 heavy (non-hydrogen) atoms. The molecule has 2 N–H and O–H groups in total. The highest BCUT2D eigenvalue weighted by Crippen LogP contribution is 2.68. The molecule has 1 aliphatic carbocycles. The van der Waals surface area contributed by atoms with E-state index in [1.165, 1.54) is 17.3 Å². The molecule has 200 valence electrons. The van der Waals surface area contributed by atoms with Crippen LogP contribution >= 0.6 is 11.8 Å². The van der Waals surface area contributed by atoms with Gasteiger partial charge in [0, 0.05) is 17.7 Å². The maximum absolute atomic E-state index is 12.1. The Labute approximate surface area is 223 Å². The third-order valence-corrected chi connectivity index (χ3v) is 9.39. The minimum absolute atomic E-state index is 0.0850. The van der Waals surface area contributed by atoms with Crippen LogP contribution in [-0.2, 0) is 21.6 Å². The van der Waals surface area contributed by atoms with Gasteiger partial charge in [-0.1, -0.05) is 25.1 Å². The van der Waals surface area contributed by atoms with Gasteiger partial charge in [-0.25, -0.2) is 0 Å². The molecule has 0 saturated heterocycles. The van der Waals surface area contributed by atoms with Crippen LogP contribution in [0.4, 0.5) is 0 Å². The van der Waals surface area contributed by atoms with Crippen LogP contribution in [0.25, 0.3) is 0 Å². The Balaban J connectivity index is 1.18. The number of hydrogen-bond acceptors (Lipinski definition) is 7. The van der Waals surface area contributed by atoms with E-state index in [1.807, 2.05) is 24.5 Å². The van der Waals surface area contributed by atoms with Crippen LogP contribution < -0.4 is 19.5 Å². The minimum Gasteiger partial charge on any atom is -0.487 e. The van der Waals surface area contributed by atoms with Crippen LogP contribution in [0.1, 0.15) is 63.1 Å². The topological polar surface area (TPSA) is 86.3 Å². The molecule has 2 aromatic carbocycles. The van der Waals surface area contributed by atoms with Crippen LogP contribution in [0.3, 0.4) is 0 Å². The number of nitrogens with one attached hydrogen (secondary N) is 1. The summed E-state index contributed by atoms with van der Waals surface area (Å²) >= 11 is 1.37. The van der Waals surface area contributed by atoms with Crippen molar-refractivity contribution in [2.75, 3.05) is 26.2 Å². The molecule has 1 saturated carbocycles. The molecule has 2 aromatic rings. The van der Waals surface area contributed by atoms with E-state index in [9.17, 15) is 9.90 Å². The first kappa shape index (κ1) is 26.2. The number of carboxylic acid groups (broad SMARTS) is 1. The molecular formula is C29H37NO6S. The maximum atomic E-state index is 12.1. The molecule has 4 atom stereocenters. The second-order valence-corrected chi connectivity index (χ2v) is 12.1. The highest BCUT2D eigenvalue weighted by molar-refractivity contribution is 8.01. The molecule has 8 heteroatoms. The van der Waals surface area contributed by atoms with Crippen molar-refractivity contribution >= 4 is 17.7 Å². The molecule has 0 amide bonds. The Morgan fingerprint density at radius 1 is 1.19 bits per heavy atom. The lowest BCUT2D eigenvalue weighted by atomic mass is 9.86. The van der Waals surface area contributed by atoms with Gasteiger partial charge >= 0.3 is 5.97 Å². The number of fused-ring (bicyclic) bond motifs is 4. The fraction of sp³-hybridized carbons (Fsp3) is 0.552. The van der Waals surface area contributed by atoms with Crippen molar-refractivity contribution in [2.24, 2.45) is 0 Å². The Morgan fingerprint density at radius 3 is 2.70 bits per heavy atom. The van der Waals surface area contributed by atoms with Crippen molar-refractivity contribution in [3.05, 3.63) is 53.1 Å². The molecule has 0 bridgehead atoms. The standard InChI is InChI=1S/C29H37NO6S/c1-6-28(4,19-9-7-10-21-23(19)24-25(36-21)29(24,37-5)26(31)32)35-14-8-13-30-27(2,3)16-18-11-12-20-22(15-18)34-17-33-20/h7,9-12,15,24-25,30H,6,8,13-14,16-17H2,1-5H3,(H,31,32). The Morgan fingerprint density at radius 2 is 1.97 bits per heavy atom. The van der Waals surface area contributed by atoms with E-state index in [1.54, 1.807) is 0 Å². The smallest absolute Gasteiger partial charge is 0.324 e. The predicted molar refractivity (Wildman–Crippen MR) is 144 cm³/mol. The highest BCUT2D eigenvalue weighted by atomic mass is 32.2. The van der Waals surface area contributed by atoms with Crippen LogP contribution in [0.5, 0.6) is 17.2 Å². The average Bonchev–Trinajstić information content (AvgIpc) is 3.13. The van der Waals surface area contributed by atoms with Gasteiger partial charge in [0.05, 0.1) is 11.5 Å². The van der Waals surface area contributed by atoms with Gasteiger partial charge in [-0.2, -0.15) is 0 Å². The lowest BCUT2D eigenvalue weighted by Gasteiger charge is -2.32.